The first-order valence-electron chi connectivity index (χ1n) is 12.7. The summed E-state index contributed by atoms with van der Waals surface area (Å²) in [7, 11) is 0. The van der Waals surface area contributed by atoms with Gasteiger partial charge in [0.15, 0.2) is 0 Å². The molecule has 4 aromatic heterocycles. The second-order valence-electron chi connectivity index (χ2n) is 9.76. The smallest absolute Gasteiger partial charge is 0.306 e. The summed E-state index contributed by atoms with van der Waals surface area (Å²) >= 11 is 0. The summed E-state index contributed by atoms with van der Waals surface area (Å²) in [6.45, 7) is 0. The number of imidazole rings is 1. The molecule has 0 N–H and O–H groups in total. The van der Waals surface area contributed by atoms with E-state index in [1.807, 2.05) is 10.6 Å². The molecule has 0 atom stereocenters. The number of nitrogens with zero attached hydrogens (tertiary/aromatic N) is 4. The van der Waals surface area contributed by atoms with Crippen LogP contribution < -0.4 is 0 Å². The van der Waals surface area contributed by atoms with Crippen LogP contribution in [0.3, 0.4) is 0 Å². The van der Waals surface area contributed by atoms with Crippen molar-refractivity contribution in [3.05, 3.63) is 122 Å². The summed E-state index contributed by atoms with van der Waals surface area (Å²) in [6.07, 6.45) is 3.57. The standard InChI is InChI=1S/C33H20N4O/c1-4-10-28-23(7-1)24-8-2-5-11-29(24)36(28)21-13-15-31-26(19-21)25-9-3-6-12-30(25)37(31)22-14-16-32-27(20-22)34-33-35(32)17-18-38-33/h1-20H. The lowest BCUT2D eigenvalue weighted by molar-refractivity contribution is 0.597. The van der Waals surface area contributed by atoms with Gasteiger partial charge in [0.1, 0.15) is 6.26 Å². The first kappa shape index (κ1) is 19.8. The van der Waals surface area contributed by atoms with Crippen molar-refractivity contribution in [2.75, 3.05) is 0 Å². The summed E-state index contributed by atoms with van der Waals surface area (Å²) < 4.78 is 12.2. The van der Waals surface area contributed by atoms with Crippen LogP contribution in [-0.2, 0) is 0 Å². The molecule has 0 amide bonds. The lowest BCUT2D eigenvalue weighted by atomic mass is 10.1. The van der Waals surface area contributed by atoms with Gasteiger partial charge in [-0.3, -0.25) is 4.40 Å². The van der Waals surface area contributed by atoms with Crippen LogP contribution in [0.5, 0.6) is 0 Å². The molecule has 178 valence electrons. The number of benzene rings is 5. The van der Waals surface area contributed by atoms with Gasteiger partial charge >= 0.3 is 5.84 Å². The van der Waals surface area contributed by atoms with Crippen LogP contribution in [0.25, 0.3) is 71.9 Å². The highest BCUT2D eigenvalue weighted by Gasteiger charge is 2.17. The van der Waals surface area contributed by atoms with Crippen LogP contribution in [0.15, 0.2) is 126 Å². The van der Waals surface area contributed by atoms with Crippen LogP contribution in [0.1, 0.15) is 0 Å². The zero-order valence-corrected chi connectivity index (χ0v) is 20.2. The lowest BCUT2D eigenvalue weighted by Gasteiger charge is -2.10. The van der Waals surface area contributed by atoms with Crippen molar-refractivity contribution in [1.82, 2.24) is 18.5 Å². The van der Waals surface area contributed by atoms with E-state index in [1.165, 1.54) is 38.1 Å². The van der Waals surface area contributed by atoms with Crippen LogP contribution in [-0.4, -0.2) is 18.5 Å². The lowest BCUT2D eigenvalue weighted by Crippen LogP contribution is -1.96. The van der Waals surface area contributed by atoms with Gasteiger partial charge in [0.2, 0.25) is 0 Å². The molecular weight excluding hydrogens is 468 g/mol. The highest BCUT2D eigenvalue weighted by Crippen LogP contribution is 2.37. The van der Waals surface area contributed by atoms with Gasteiger partial charge in [-0.25, -0.2) is 0 Å². The molecule has 0 fully saturated rings. The highest BCUT2D eigenvalue weighted by molar-refractivity contribution is 6.12. The molecule has 0 bridgehead atoms. The molecule has 0 saturated carbocycles. The number of rotatable bonds is 2. The third kappa shape index (κ3) is 2.52. The van der Waals surface area contributed by atoms with E-state index in [9.17, 15) is 0 Å². The Hall–Kier alpha value is -5.29. The SMILES string of the molecule is c1ccc2c(c1)c1ccccc1n2-c1ccc2c(c1)c1ccccc1n2-c1ccc2c(c1)nc1occn12. The highest BCUT2D eigenvalue weighted by atomic mass is 16.3. The normalized spacial score (nSPS) is 12.2. The average molecular weight is 489 g/mol. The predicted molar refractivity (Wildman–Crippen MR) is 154 cm³/mol. The van der Waals surface area contributed by atoms with E-state index in [0.29, 0.717) is 5.84 Å². The number of hydrogen-bond acceptors (Lipinski definition) is 2. The van der Waals surface area contributed by atoms with Crippen molar-refractivity contribution < 1.29 is 4.42 Å². The number of para-hydroxylation sites is 3. The molecule has 0 saturated heterocycles. The first-order chi connectivity index (χ1) is 18.8. The maximum atomic E-state index is 5.53. The fourth-order valence-electron chi connectivity index (χ4n) is 6.16. The molecule has 0 spiro atoms. The van der Waals surface area contributed by atoms with Crippen molar-refractivity contribution in [2.45, 2.75) is 0 Å². The van der Waals surface area contributed by atoms with E-state index in [2.05, 4.69) is 118 Å². The largest absolute Gasteiger partial charge is 0.432 e. The molecule has 5 heteroatoms. The molecule has 9 aromatic rings. The van der Waals surface area contributed by atoms with E-state index >= 15 is 0 Å². The molecule has 0 unspecified atom stereocenters. The summed E-state index contributed by atoms with van der Waals surface area (Å²) in [6, 6.07) is 39.2. The first-order valence-corrected chi connectivity index (χ1v) is 12.7. The topological polar surface area (TPSA) is 40.3 Å². The molecule has 38 heavy (non-hydrogen) atoms. The number of oxazole rings is 1. The number of hydrogen-bond donors (Lipinski definition) is 0. The summed E-state index contributed by atoms with van der Waals surface area (Å²) in [4.78, 5) is 4.69. The van der Waals surface area contributed by atoms with Gasteiger partial charge in [-0.2, -0.15) is 4.98 Å². The second kappa shape index (κ2) is 7.14. The molecule has 0 radical (unpaired) electrons. The molecule has 4 heterocycles. The molecule has 5 aromatic carbocycles. The van der Waals surface area contributed by atoms with Gasteiger partial charge in [-0.15, -0.1) is 0 Å². The monoisotopic (exact) mass is 488 g/mol. The van der Waals surface area contributed by atoms with Gasteiger partial charge in [0.25, 0.3) is 0 Å². The quantitative estimate of drug-likeness (QED) is 0.246. The van der Waals surface area contributed by atoms with Crippen molar-refractivity contribution in [1.29, 1.82) is 0 Å². The molecule has 0 aliphatic carbocycles. The van der Waals surface area contributed by atoms with Gasteiger partial charge in [0, 0.05) is 39.1 Å². The van der Waals surface area contributed by atoms with E-state index in [-0.39, 0.29) is 0 Å². The summed E-state index contributed by atoms with van der Waals surface area (Å²) in [5, 5.41) is 4.98. The van der Waals surface area contributed by atoms with Crippen LogP contribution in [0.2, 0.25) is 0 Å². The maximum Gasteiger partial charge on any atom is 0.306 e. The Kier molecular flexibility index (Phi) is 3.73. The fraction of sp³-hybridized carbons (Fsp3) is 0. The van der Waals surface area contributed by atoms with Crippen molar-refractivity contribution in [3.8, 4) is 11.4 Å². The number of fused-ring (bicyclic) bond motifs is 9. The molecule has 0 aliphatic heterocycles. The van der Waals surface area contributed by atoms with Gasteiger partial charge in [-0.1, -0.05) is 54.6 Å². The maximum absolute atomic E-state index is 5.53. The number of aromatic nitrogens is 4. The summed E-state index contributed by atoms with van der Waals surface area (Å²) in [5.41, 5.74) is 8.94. The van der Waals surface area contributed by atoms with Crippen molar-refractivity contribution >= 4 is 60.5 Å². The Balaban J connectivity index is 1.34. The minimum atomic E-state index is 0.607. The van der Waals surface area contributed by atoms with Crippen molar-refractivity contribution in [3.63, 3.8) is 0 Å². The predicted octanol–water partition coefficient (Wildman–Crippen LogP) is 8.27. The second-order valence-corrected chi connectivity index (χ2v) is 9.76. The Morgan fingerprint density at radius 1 is 0.500 bits per heavy atom. The van der Waals surface area contributed by atoms with Crippen LogP contribution in [0.4, 0.5) is 0 Å². The average Bonchev–Trinajstić information content (AvgIpc) is 3.71. The Labute approximate surface area is 216 Å². The Morgan fingerprint density at radius 3 is 1.68 bits per heavy atom. The van der Waals surface area contributed by atoms with Crippen LogP contribution in [0, 0.1) is 0 Å². The Morgan fingerprint density at radius 2 is 1.03 bits per heavy atom. The molecular formula is C33H20N4O. The Bertz CT molecular complexity index is 2310. The van der Waals surface area contributed by atoms with E-state index in [1.54, 1.807) is 6.26 Å². The molecule has 0 aliphatic rings. The van der Waals surface area contributed by atoms with E-state index < -0.39 is 0 Å². The molecule has 5 nitrogen and oxygen atoms in total. The van der Waals surface area contributed by atoms with Gasteiger partial charge in [0.05, 0.1) is 33.1 Å². The zero-order chi connectivity index (χ0) is 24.8. The minimum absolute atomic E-state index is 0.607. The summed E-state index contributed by atoms with van der Waals surface area (Å²) in [5.74, 6) is 0.607. The third-order valence-corrected chi connectivity index (χ3v) is 7.78. The van der Waals surface area contributed by atoms with E-state index in [4.69, 9.17) is 9.40 Å². The zero-order valence-electron chi connectivity index (χ0n) is 20.2. The molecule has 9 rings (SSSR count). The van der Waals surface area contributed by atoms with Gasteiger partial charge in [-0.05, 0) is 54.6 Å². The van der Waals surface area contributed by atoms with Crippen LogP contribution >= 0.6 is 0 Å². The minimum Gasteiger partial charge on any atom is -0.432 e. The van der Waals surface area contributed by atoms with E-state index in [0.717, 1.165) is 27.9 Å². The van der Waals surface area contributed by atoms with Gasteiger partial charge < -0.3 is 13.6 Å². The van der Waals surface area contributed by atoms with Crippen molar-refractivity contribution in [2.24, 2.45) is 0 Å². The fourth-order valence-corrected chi connectivity index (χ4v) is 6.16. The third-order valence-electron chi connectivity index (χ3n) is 7.78.